The number of fused-ring (bicyclic) bond motifs is 1. The molecule has 0 unspecified atom stereocenters. The minimum absolute atomic E-state index is 0.0243. The molecule has 22 heavy (non-hydrogen) atoms. The van der Waals surface area contributed by atoms with E-state index in [4.69, 9.17) is 0 Å². The van der Waals surface area contributed by atoms with Gasteiger partial charge in [-0.1, -0.05) is 18.2 Å². The van der Waals surface area contributed by atoms with Crippen molar-refractivity contribution in [3.63, 3.8) is 0 Å². The number of nitrogens with zero attached hydrogens (tertiary/aromatic N) is 1. The maximum Gasteiger partial charge on any atom is 0.315 e. The molecule has 0 radical (unpaired) electrons. The molecule has 1 saturated heterocycles. The highest BCUT2D eigenvalue weighted by Crippen LogP contribution is 2.29. The molecule has 3 amide bonds. The Kier molecular flexibility index (Phi) is 4.02. The lowest BCUT2D eigenvalue weighted by atomic mass is 10.1. The number of likely N-dealkylation sites (N-methyl/N-ethyl adjacent to an activating group) is 1. The molecule has 5 nitrogen and oxygen atoms in total. The molecule has 1 aromatic heterocycles. The number of hydrogen-bond acceptors (Lipinski definition) is 3. The second-order valence-electron chi connectivity index (χ2n) is 5.63. The number of amides is 3. The van der Waals surface area contributed by atoms with Crippen molar-refractivity contribution in [3.05, 3.63) is 35.2 Å². The molecule has 2 N–H and O–H groups in total. The largest absolute Gasteiger partial charge is 0.344 e. The summed E-state index contributed by atoms with van der Waals surface area (Å²) in [7, 11) is 1.75. The van der Waals surface area contributed by atoms with E-state index in [0.29, 0.717) is 13.0 Å². The van der Waals surface area contributed by atoms with E-state index in [1.54, 1.807) is 23.3 Å². The normalized spacial score (nSPS) is 19.5. The van der Waals surface area contributed by atoms with Crippen LogP contribution in [0.25, 0.3) is 10.1 Å². The summed E-state index contributed by atoms with van der Waals surface area (Å²) in [6.07, 6.45) is 0.665. The Labute approximate surface area is 133 Å². The molecule has 0 saturated carbocycles. The van der Waals surface area contributed by atoms with Crippen molar-refractivity contribution in [2.24, 2.45) is 0 Å². The smallest absolute Gasteiger partial charge is 0.315 e. The van der Waals surface area contributed by atoms with Gasteiger partial charge >= 0.3 is 6.03 Å². The van der Waals surface area contributed by atoms with Gasteiger partial charge in [-0.05, 0) is 35.7 Å². The van der Waals surface area contributed by atoms with E-state index >= 15 is 0 Å². The van der Waals surface area contributed by atoms with Crippen LogP contribution in [0.15, 0.2) is 29.6 Å². The molecule has 3 rings (SSSR count). The summed E-state index contributed by atoms with van der Waals surface area (Å²) in [4.78, 5) is 25.6. The van der Waals surface area contributed by atoms with Crippen LogP contribution in [0.2, 0.25) is 0 Å². The molecular weight excluding hydrogens is 298 g/mol. The van der Waals surface area contributed by atoms with Crippen LogP contribution in [-0.2, 0) is 4.79 Å². The Morgan fingerprint density at radius 1 is 1.41 bits per heavy atom. The van der Waals surface area contributed by atoms with Crippen molar-refractivity contribution in [1.29, 1.82) is 0 Å². The molecule has 116 valence electrons. The summed E-state index contributed by atoms with van der Waals surface area (Å²) in [5.74, 6) is -0.0243. The summed E-state index contributed by atoms with van der Waals surface area (Å²) in [5, 5.41) is 8.92. The summed E-state index contributed by atoms with van der Waals surface area (Å²) in [6.45, 7) is 2.64. The topological polar surface area (TPSA) is 61.4 Å². The molecule has 1 aromatic carbocycles. The van der Waals surface area contributed by atoms with Crippen LogP contribution in [0.4, 0.5) is 4.79 Å². The van der Waals surface area contributed by atoms with Crippen LogP contribution in [0.5, 0.6) is 0 Å². The van der Waals surface area contributed by atoms with Crippen LogP contribution in [-0.4, -0.2) is 36.5 Å². The fourth-order valence-electron chi connectivity index (χ4n) is 2.76. The predicted octanol–water partition coefficient (Wildman–Crippen LogP) is 2.49. The maximum atomic E-state index is 12.1. The first-order valence-corrected chi connectivity index (χ1v) is 8.22. The SMILES string of the molecule is C[C@@H](NC(=O)N[C@H]1CCN(C)C1=O)c1csc2ccccc12. The highest BCUT2D eigenvalue weighted by molar-refractivity contribution is 7.17. The van der Waals surface area contributed by atoms with Crippen LogP contribution in [0.3, 0.4) is 0 Å². The minimum atomic E-state index is -0.406. The van der Waals surface area contributed by atoms with Crippen LogP contribution in [0, 0.1) is 0 Å². The van der Waals surface area contributed by atoms with Crippen molar-refractivity contribution < 1.29 is 9.59 Å². The molecule has 6 heteroatoms. The molecule has 2 heterocycles. The Bertz CT molecular complexity index is 712. The fraction of sp³-hybridized carbons (Fsp3) is 0.375. The van der Waals surface area contributed by atoms with Gasteiger partial charge in [0, 0.05) is 18.3 Å². The van der Waals surface area contributed by atoms with E-state index in [-0.39, 0.29) is 18.0 Å². The minimum Gasteiger partial charge on any atom is -0.344 e. The molecule has 1 aliphatic rings. The second kappa shape index (κ2) is 5.96. The number of urea groups is 1. The van der Waals surface area contributed by atoms with Gasteiger partial charge in [-0.2, -0.15) is 0 Å². The van der Waals surface area contributed by atoms with Gasteiger partial charge in [-0.25, -0.2) is 4.79 Å². The lowest BCUT2D eigenvalue weighted by Crippen LogP contribution is -2.46. The molecule has 0 bridgehead atoms. The van der Waals surface area contributed by atoms with Gasteiger partial charge < -0.3 is 15.5 Å². The number of carbonyl (C=O) groups is 2. The molecule has 2 aromatic rings. The number of benzene rings is 1. The van der Waals surface area contributed by atoms with Gasteiger partial charge in [0.25, 0.3) is 0 Å². The maximum absolute atomic E-state index is 12.1. The van der Waals surface area contributed by atoms with E-state index in [1.807, 2.05) is 19.1 Å². The number of carbonyl (C=O) groups excluding carboxylic acids is 2. The Hall–Kier alpha value is -2.08. The molecule has 0 spiro atoms. The summed E-state index contributed by atoms with van der Waals surface area (Å²) < 4.78 is 1.21. The van der Waals surface area contributed by atoms with Gasteiger partial charge in [0.2, 0.25) is 5.91 Å². The quantitative estimate of drug-likeness (QED) is 0.913. The van der Waals surface area contributed by atoms with Gasteiger partial charge in [-0.15, -0.1) is 11.3 Å². The average molecular weight is 317 g/mol. The highest BCUT2D eigenvalue weighted by Gasteiger charge is 2.30. The number of nitrogens with one attached hydrogen (secondary N) is 2. The summed E-state index contributed by atoms with van der Waals surface area (Å²) >= 11 is 1.67. The zero-order valence-corrected chi connectivity index (χ0v) is 13.4. The van der Waals surface area contributed by atoms with Gasteiger partial charge in [0.15, 0.2) is 0 Å². The number of likely N-dealkylation sites (tertiary alicyclic amines) is 1. The van der Waals surface area contributed by atoms with E-state index in [0.717, 1.165) is 10.9 Å². The van der Waals surface area contributed by atoms with E-state index in [2.05, 4.69) is 28.1 Å². The van der Waals surface area contributed by atoms with Crippen LogP contribution in [0.1, 0.15) is 24.9 Å². The molecular formula is C16H19N3O2S. The van der Waals surface area contributed by atoms with Crippen molar-refractivity contribution >= 4 is 33.4 Å². The zero-order chi connectivity index (χ0) is 15.7. The van der Waals surface area contributed by atoms with Crippen molar-refractivity contribution in [2.75, 3.05) is 13.6 Å². The highest BCUT2D eigenvalue weighted by atomic mass is 32.1. The van der Waals surface area contributed by atoms with Gasteiger partial charge in [0.05, 0.1) is 6.04 Å². The van der Waals surface area contributed by atoms with Crippen molar-refractivity contribution in [1.82, 2.24) is 15.5 Å². The second-order valence-corrected chi connectivity index (χ2v) is 6.54. The number of rotatable bonds is 3. The molecule has 2 atom stereocenters. The Morgan fingerprint density at radius 3 is 2.91 bits per heavy atom. The first-order valence-electron chi connectivity index (χ1n) is 7.34. The Balaban J connectivity index is 1.65. The summed E-state index contributed by atoms with van der Waals surface area (Å²) in [5.41, 5.74) is 1.10. The predicted molar refractivity (Wildman–Crippen MR) is 87.9 cm³/mol. The van der Waals surface area contributed by atoms with E-state index in [9.17, 15) is 9.59 Å². The lowest BCUT2D eigenvalue weighted by molar-refractivity contribution is -0.128. The first kappa shape index (κ1) is 14.8. The summed E-state index contributed by atoms with van der Waals surface area (Å²) in [6, 6.07) is 7.34. The third kappa shape index (κ3) is 2.78. The number of thiophene rings is 1. The average Bonchev–Trinajstić information content (AvgIpc) is 3.06. The standard InChI is InChI=1S/C16H19N3O2S/c1-10(12-9-22-14-6-4-3-5-11(12)14)17-16(21)18-13-7-8-19(2)15(13)20/h3-6,9-10,13H,7-8H2,1-2H3,(H2,17,18,21)/t10-,13+/m1/s1. The lowest BCUT2D eigenvalue weighted by Gasteiger charge is -2.17. The Morgan fingerprint density at radius 2 is 2.18 bits per heavy atom. The van der Waals surface area contributed by atoms with E-state index in [1.165, 1.54) is 4.70 Å². The van der Waals surface area contributed by atoms with Crippen LogP contribution < -0.4 is 10.6 Å². The fourth-order valence-corrected chi connectivity index (χ4v) is 3.82. The third-order valence-electron chi connectivity index (χ3n) is 4.06. The monoisotopic (exact) mass is 317 g/mol. The molecule has 0 aliphatic carbocycles. The molecule has 1 aliphatic heterocycles. The van der Waals surface area contributed by atoms with Gasteiger partial charge in [-0.3, -0.25) is 4.79 Å². The third-order valence-corrected chi connectivity index (χ3v) is 5.04. The number of hydrogen-bond donors (Lipinski definition) is 2. The molecule has 1 fully saturated rings. The van der Waals surface area contributed by atoms with Crippen LogP contribution >= 0.6 is 11.3 Å². The van der Waals surface area contributed by atoms with Crippen molar-refractivity contribution in [2.45, 2.75) is 25.4 Å². The van der Waals surface area contributed by atoms with E-state index < -0.39 is 6.04 Å². The van der Waals surface area contributed by atoms with Crippen molar-refractivity contribution in [3.8, 4) is 0 Å². The first-order chi connectivity index (χ1) is 10.6. The zero-order valence-electron chi connectivity index (χ0n) is 12.6. The van der Waals surface area contributed by atoms with Gasteiger partial charge in [0.1, 0.15) is 6.04 Å².